The topological polar surface area (TPSA) is 34.1 Å². The molecule has 0 amide bonds. The Hall–Kier alpha value is -1.46. The van der Waals surface area contributed by atoms with Crippen LogP contribution in [0.3, 0.4) is 0 Å². The molecular formula is C16H21FN2OS. The Morgan fingerprint density at radius 3 is 2.81 bits per heavy atom. The summed E-state index contributed by atoms with van der Waals surface area (Å²) in [5.41, 5.74) is 1.97. The lowest BCUT2D eigenvalue weighted by Gasteiger charge is -2.17. The Morgan fingerprint density at radius 2 is 2.24 bits per heavy atom. The third kappa shape index (κ3) is 4.25. The van der Waals surface area contributed by atoms with Crippen LogP contribution in [0.25, 0.3) is 0 Å². The first-order valence-electron chi connectivity index (χ1n) is 7.11. The minimum atomic E-state index is -0.321. The summed E-state index contributed by atoms with van der Waals surface area (Å²) in [6, 6.07) is 5.23. The summed E-state index contributed by atoms with van der Waals surface area (Å²) in [6.45, 7) is 5.04. The first kappa shape index (κ1) is 15.9. The average Bonchev–Trinajstić information content (AvgIpc) is 2.90. The summed E-state index contributed by atoms with van der Waals surface area (Å²) in [5.74, 6) is -0.0416. The number of hydrogen-bond donors (Lipinski definition) is 1. The van der Waals surface area contributed by atoms with Crippen molar-refractivity contribution in [3.05, 3.63) is 45.7 Å². The largest absolute Gasteiger partial charge is 0.494 e. The fourth-order valence-electron chi connectivity index (χ4n) is 2.21. The zero-order chi connectivity index (χ0) is 15.2. The molecule has 0 aliphatic rings. The molecule has 0 radical (unpaired) electrons. The van der Waals surface area contributed by atoms with Crippen molar-refractivity contribution in [2.24, 2.45) is 0 Å². The molecule has 2 aromatic rings. The Balaban J connectivity index is 2.16. The highest BCUT2D eigenvalue weighted by Gasteiger charge is 2.15. The van der Waals surface area contributed by atoms with Gasteiger partial charge >= 0.3 is 0 Å². The van der Waals surface area contributed by atoms with Gasteiger partial charge in [0.15, 0.2) is 11.6 Å². The van der Waals surface area contributed by atoms with Crippen LogP contribution in [-0.2, 0) is 6.42 Å². The standard InChI is InChI=1S/C16H21FN2OS/c1-4-7-18-14(15-10-21-11(2)19-15)9-12-5-6-16(20-3)13(17)8-12/h5-6,8,10,14,18H,4,7,9H2,1-3H3. The van der Waals surface area contributed by atoms with Crippen molar-refractivity contribution in [2.45, 2.75) is 32.7 Å². The molecule has 0 fully saturated rings. The number of benzene rings is 1. The molecule has 1 heterocycles. The third-order valence-electron chi connectivity index (χ3n) is 3.29. The molecule has 1 atom stereocenters. The molecule has 0 aliphatic heterocycles. The summed E-state index contributed by atoms with van der Waals surface area (Å²) in [6.07, 6.45) is 1.76. The number of aromatic nitrogens is 1. The van der Waals surface area contributed by atoms with Crippen LogP contribution in [0.15, 0.2) is 23.6 Å². The second-order valence-corrected chi connectivity index (χ2v) is 6.03. The van der Waals surface area contributed by atoms with Gasteiger partial charge in [-0.15, -0.1) is 11.3 Å². The molecule has 1 aromatic carbocycles. The maximum atomic E-state index is 13.8. The lowest BCUT2D eigenvalue weighted by Crippen LogP contribution is -2.24. The van der Waals surface area contributed by atoms with Gasteiger partial charge in [-0.2, -0.15) is 0 Å². The summed E-state index contributed by atoms with van der Waals surface area (Å²) in [7, 11) is 1.47. The summed E-state index contributed by atoms with van der Waals surface area (Å²) in [5, 5.41) is 6.61. The molecule has 0 saturated carbocycles. The molecule has 5 heteroatoms. The van der Waals surface area contributed by atoms with Crippen molar-refractivity contribution >= 4 is 11.3 Å². The van der Waals surface area contributed by atoms with Gasteiger partial charge in [0.25, 0.3) is 0 Å². The number of nitrogens with zero attached hydrogens (tertiary/aromatic N) is 1. The molecule has 21 heavy (non-hydrogen) atoms. The number of hydrogen-bond acceptors (Lipinski definition) is 4. The smallest absolute Gasteiger partial charge is 0.165 e. The van der Waals surface area contributed by atoms with Crippen LogP contribution in [0.5, 0.6) is 5.75 Å². The van der Waals surface area contributed by atoms with E-state index in [-0.39, 0.29) is 17.6 Å². The van der Waals surface area contributed by atoms with Crippen LogP contribution in [-0.4, -0.2) is 18.6 Å². The fourth-order valence-corrected chi connectivity index (χ4v) is 2.88. The fraction of sp³-hybridized carbons (Fsp3) is 0.438. The van der Waals surface area contributed by atoms with Crippen LogP contribution in [0.2, 0.25) is 0 Å². The van der Waals surface area contributed by atoms with Crippen LogP contribution in [0, 0.1) is 12.7 Å². The van der Waals surface area contributed by atoms with Crippen molar-refractivity contribution in [3.8, 4) is 5.75 Å². The Morgan fingerprint density at radius 1 is 1.43 bits per heavy atom. The lowest BCUT2D eigenvalue weighted by molar-refractivity contribution is 0.386. The van der Waals surface area contributed by atoms with Crippen molar-refractivity contribution in [1.29, 1.82) is 0 Å². The monoisotopic (exact) mass is 308 g/mol. The zero-order valence-electron chi connectivity index (χ0n) is 12.6. The normalized spacial score (nSPS) is 12.4. The Bertz CT molecular complexity index is 585. The Kier molecular flexibility index (Phi) is 5.70. The second kappa shape index (κ2) is 7.52. The number of rotatable bonds is 7. The molecular weight excluding hydrogens is 287 g/mol. The molecule has 0 saturated heterocycles. The highest BCUT2D eigenvalue weighted by Crippen LogP contribution is 2.24. The highest BCUT2D eigenvalue weighted by atomic mass is 32.1. The van der Waals surface area contributed by atoms with Crippen molar-refractivity contribution in [1.82, 2.24) is 10.3 Å². The summed E-state index contributed by atoms with van der Waals surface area (Å²) < 4.78 is 18.8. The van der Waals surface area contributed by atoms with E-state index in [0.717, 1.165) is 29.2 Å². The van der Waals surface area contributed by atoms with Crippen molar-refractivity contribution in [3.63, 3.8) is 0 Å². The maximum absolute atomic E-state index is 13.8. The number of ether oxygens (including phenoxy) is 1. The minimum Gasteiger partial charge on any atom is -0.494 e. The van der Waals surface area contributed by atoms with E-state index in [2.05, 4.69) is 22.6 Å². The van der Waals surface area contributed by atoms with E-state index in [1.807, 2.05) is 13.0 Å². The average molecular weight is 308 g/mol. The van der Waals surface area contributed by atoms with Crippen LogP contribution >= 0.6 is 11.3 Å². The van der Waals surface area contributed by atoms with E-state index in [0.29, 0.717) is 6.42 Å². The van der Waals surface area contributed by atoms with Gasteiger partial charge in [0, 0.05) is 5.38 Å². The molecule has 0 aliphatic carbocycles. The van der Waals surface area contributed by atoms with Crippen molar-refractivity contribution in [2.75, 3.05) is 13.7 Å². The molecule has 0 spiro atoms. The van der Waals surface area contributed by atoms with E-state index in [9.17, 15) is 4.39 Å². The molecule has 0 bridgehead atoms. The van der Waals surface area contributed by atoms with Gasteiger partial charge in [0.1, 0.15) is 0 Å². The van der Waals surface area contributed by atoms with Crippen LogP contribution in [0.1, 0.15) is 35.7 Å². The molecule has 1 N–H and O–H groups in total. The van der Waals surface area contributed by atoms with Crippen LogP contribution in [0.4, 0.5) is 4.39 Å². The Labute approximate surface area is 129 Å². The minimum absolute atomic E-state index is 0.114. The lowest BCUT2D eigenvalue weighted by atomic mass is 10.0. The van der Waals surface area contributed by atoms with Gasteiger partial charge in [-0.1, -0.05) is 13.0 Å². The molecule has 1 aromatic heterocycles. The number of thiazole rings is 1. The van der Waals surface area contributed by atoms with E-state index in [1.54, 1.807) is 23.5 Å². The van der Waals surface area contributed by atoms with Crippen LogP contribution < -0.4 is 10.1 Å². The van der Waals surface area contributed by atoms with E-state index < -0.39 is 0 Å². The maximum Gasteiger partial charge on any atom is 0.165 e. The molecule has 3 nitrogen and oxygen atoms in total. The number of methoxy groups -OCH3 is 1. The summed E-state index contributed by atoms with van der Waals surface area (Å²) in [4.78, 5) is 4.55. The van der Waals surface area contributed by atoms with E-state index in [4.69, 9.17) is 4.74 Å². The highest BCUT2D eigenvalue weighted by molar-refractivity contribution is 7.09. The predicted octanol–water partition coefficient (Wildman–Crippen LogP) is 3.88. The van der Waals surface area contributed by atoms with Gasteiger partial charge in [-0.3, -0.25) is 0 Å². The quantitative estimate of drug-likeness (QED) is 0.843. The molecule has 2 rings (SSSR count). The third-order valence-corrected chi connectivity index (χ3v) is 4.08. The summed E-state index contributed by atoms with van der Waals surface area (Å²) >= 11 is 1.64. The molecule has 114 valence electrons. The van der Waals surface area contributed by atoms with Gasteiger partial charge in [-0.05, 0) is 44.0 Å². The first-order chi connectivity index (χ1) is 10.1. The number of halogens is 1. The predicted molar refractivity (Wildman–Crippen MR) is 84.5 cm³/mol. The van der Waals surface area contributed by atoms with Gasteiger partial charge in [0.05, 0.1) is 23.9 Å². The van der Waals surface area contributed by atoms with Gasteiger partial charge in [-0.25, -0.2) is 9.37 Å². The van der Waals surface area contributed by atoms with E-state index >= 15 is 0 Å². The number of nitrogens with one attached hydrogen (secondary N) is 1. The molecule has 1 unspecified atom stereocenters. The zero-order valence-corrected chi connectivity index (χ0v) is 13.5. The second-order valence-electron chi connectivity index (χ2n) is 4.97. The SMILES string of the molecule is CCCNC(Cc1ccc(OC)c(F)c1)c1csc(C)n1. The van der Waals surface area contributed by atoms with E-state index in [1.165, 1.54) is 7.11 Å². The first-order valence-corrected chi connectivity index (χ1v) is 7.99. The number of aryl methyl sites for hydroxylation is 1. The van der Waals surface area contributed by atoms with Crippen molar-refractivity contribution < 1.29 is 9.13 Å². The van der Waals surface area contributed by atoms with Gasteiger partial charge in [0.2, 0.25) is 0 Å². The van der Waals surface area contributed by atoms with Gasteiger partial charge < -0.3 is 10.1 Å².